The number of hydrogen-bond acceptors (Lipinski definition) is 7. The number of nitrogens with two attached hydrogens (primary N) is 1. The van der Waals surface area contributed by atoms with Crippen molar-refractivity contribution in [2.24, 2.45) is 5.73 Å². The number of nitro groups is 1. The van der Waals surface area contributed by atoms with E-state index in [1.165, 1.54) is 18.2 Å². The van der Waals surface area contributed by atoms with E-state index in [0.717, 1.165) is 0 Å². The highest BCUT2D eigenvalue weighted by atomic mass is 16.6. The summed E-state index contributed by atoms with van der Waals surface area (Å²) in [5, 5.41) is 13.4. The molecule has 0 fully saturated rings. The highest BCUT2D eigenvalue weighted by Gasteiger charge is 2.11. The third-order valence-corrected chi connectivity index (χ3v) is 2.21. The molecule has 19 heavy (non-hydrogen) atoms. The van der Waals surface area contributed by atoms with Crippen molar-refractivity contribution in [3.63, 3.8) is 0 Å². The van der Waals surface area contributed by atoms with Crippen LogP contribution < -0.4 is 11.1 Å². The Kier molecular flexibility index (Phi) is 3.46. The lowest BCUT2D eigenvalue weighted by Gasteiger charge is -2.00. The quantitative estimate of drug-likeness (QED) is 0.472. The molecule has 0 aliphatic carbocycles. The first kappa shape index (κ1) is 12.6. The van der Waals surface area contributed by atoms with Crippen molar-refractivity contribution >= 4 is 28.9 Å². The Labute approximate surface area is 106 Å². The molecule has 1 amide bonds. The van der Waals surface area contributed by atoms with E-state index in [4.69, 9.17) is 10.2 Å². The minimum absolute atomic E-state index is 0.0637. The van der Waals surface area contributed by atoms with Gasteiger partial charge in [0.25, 0.3) is 11.7 Å². The second-order valence-corrected chi connectivity index (χ2v) is 3.52. The summed E-state index contributed by atoms with van der Waals surface area (Å²) in [6.45, 7) is 0.325. The average molecular weight is 266 g/mol. The zero-order valence-corrected chi connectivity index (χ0v) is 9.66. The molecule has 3 N–H and O–H groups in total. The summed E-state index contributed by atoms with van der Waals surface area (Å²) in [6, 6.07) is 4.30. The summed E-state index contributed by atoms with van der Waals surface area (Å²) in [4.78, 5) is 24.5. The van der Waals surface area contributed by atoms with E-state index in [2.05, 4.69) is 15.0 Å². The maximum Gasteiger partial charge on any atom is 0.404 e. The van der Waals surface area contributed by atoms with Gasteiger partial charge in [-0.2, -0.15) is 4.98 Å². The molecule has 2 aromatic rings. The van der Waals surface area contributed by atoms with Gasteiger partial charge in [-0.25, -0.2) is 4.79 Å². The minimum Gasteiger partial charge on any atom is -0.448 e. The van der Waals surface area contributed by atoms with Crippen LogP contribution in [0.2, 0.25) is 0 Å². The third kappa shape index (κ3) is 3.09. The number of fused-ring (bicyclic) bond motifs is 1. The molecule has 1 aromatic carbocycles. The summed E-state index contributed by atoms with van der Waals surface area (Å²) in [7, 11) is 0. The summed E-state index contributed by atoms with van der Waals surface area (Å²) in [5.74, 6) is 0. The second kappa shape index (κ2) is 5.21. The molecule has 0 saturated heterocycles. The number of ether oxygens (including phenoxy) is 1. The van der Waals surface area contributed by atoms with Crippen molar-refractivity contribution in [3.05, 3.63) is 28.3 Å². The number of carbonyl (C=O) groups excluding carboxylic acids is 1. The fourth-order valence-corrected chi connectivity index (χ4v) is 1.41. The van der Waals surface area contributed by atoms with Crippen molar-refractivity contribution in [1.29, 1.82) is 0 Å². The normalized spacial score (nSPS) is 10.3. The zero-order chi connectivity index (χ0) is 13.8. The molecule has 0 radical (unpaired) electrons. The van der Waals surface area contributed by atoms with Crippen LogP contribution in [0.1, 0.15) is 0 Å². The van der Waals surface area contributed by atoms with Crippen LogP contribution in [0, 0.1) is 10.1 Å². The van der Waals surface area contributed by atoms with Crippen LogP contribution in [0.5, 0.6) is 0 Å². The molecule has 0 spiro atoms. The lowest BCUT2D eigenvalue weighted by Crippen LogP contribution is -2.18. The van der Waals surface area contributed by atoms with E-state index in [0.29, 0.717) is 11.1 Å². The molecule has 0 saturated carbocycles. The third-order valence-electron chi connectivity index (χ3n) is 2.21. The standard InChI is InChI=1S/C10H10N4O5/c11-9(15)18-4-3-12-10-13-7-2-1-6(14(16)17)5-8(7)19-10/h1-2,5H,3-4H2,(H2,11,15)(H,12,13). The largest absolute Gasteiger partial charge is 0.448 e. The molecule has 0 atom stereocenters. The Morgan fingerprint density at radius 2 is 2.37 bits per heavy atom. The molecule has 0 aliphatic rings. The van der Waals surface area contributed by atoms with E-state index in [-0.39, 0.29) is 24.9 Å². The predicted octanol–water partition coefficient (Wildman–Crippen LogP) is 1.24. The maximum absolute atomic E-state index is 10.6. The number of carbonyl (C=O) groups is 1. The van der Waals surface area contributed by atoms with Crippen molar-refractivity contribution in [3.8, 4) is 0 Å². The number of hydrogen-bond donors (Lipinski definition) is 2. The molecule has 9 nitrogen and oxygen atoms in total. The van der Waals surface area contributed by atoms with E-state index < -0.39 is 11.0 Å². The topological polar surface area (TPSA) is 134 Å². The average Bonchev–Trinajstić information content (AvgIpc) is 2.75. The smallest absolute Gasteiger partial charge is 0.404 e. The molecule has 2 rings (SSSR count). The SMILES string of the molecule is NC(=O)OCCNc1nc2ccc([N+](=O)[O-])cc2o1. The van der Waals surface area contributed by atoms with Gasteiger partial charge in [-0.15, -0.1) is 0 Å². The Morgan fingerprint density at radius 1 is 1.58 bits per heavy atom. The fraction of sp³-hybridized carbons (Fsp3) is 0.200. The zero-order valence-electron chi connectivity index (χ0n) is 9.66. The summed E-state index contributed by atoms with van der Waals surface area (Å²) < 4.78 is 9.77. The number of primary amides is 1. The number of rotatable bonds is 5. The van der Waals surface area contributed by atoms with Crippen molar-refractivity contribution in [2.75, 3.05) is 18.5 Å². The molecular formula is C10H10N4O5. The van der Waals surface area contributed by atoms with Crippen LogP contribution in [-0.4, -0.2) is 29.2 Å². The van der Waals surface area contributed by atoms with Gasteiger partial charge in [0.2, 0.25) is 0 Å². The lowest BCUT2D eigenvalue weighted by atomic mass is 10.3. The van der Waals surface area contributed by atoms with Crippen LogP contribution in [-0.2, 0) is 4.74 Å². The number of benzene rings is 1. The Bertz CT molecular complexity index is 623. The molecule has 1 aromatic heterocycles. The first-order valence-corrected chi connectivity index (χ1v) is 5.27. The second-order valence-electron chi connectivity index (χ2n) is 3.52. The Hall–Kier alpha value is -2.84. The van der Waals surface area contributed by atoms with Gasteiger partial charge in [0.1, 0.15) is 12.1 Å². The number of anilines is 1. The van der Waals surface area contributed by atoms with E-state index in [9.17, 15) is 14.9 Å². The van der Waals surface area contributed by atoms with E-state index >= 15 is 0 Å². The fourth-order valence-electron chi connectivity index (χ4n) is 1.41. The van der Waals surface area contributed by atoms with Gasteiger partial charge in [-0.05, 0) is 6.07 Å². The van der Waals surface area contributed by atoms with Crippen LogP contribution in [0.15, 0.2) is 22.6 Å². The van der Waals surface area contributed by atoms with Gasteiger partial charge in [-0.3, -0.25) is 10.1 Å². The Balaban J connectivity index is 2.04. The maximum atomic E-state index is 10.6. The summed E-state index contributed by atoms with van der Waals surface area (Å²) in [6.07, 6.45) is -0.866. The molecule has 0 bridgehead atoms. The number of nitrogens with zero attached hydrogens (tertiary/aromatic N) is 2. The highest BCUT2D eigenvalue weighted by molar-refractivity contribution is 5.77. The van der Waals surface area contributed by atoms with E-state index in [1.807, 2.05) is 0 Å². The molecule has 0 aliphatic heterocycles. The molecule has 9 heteroatoms. The summed E-state index contributed by atoms with van der Waals surface area (Å²) in [5.41, 5.74) is 5.50. The van der Waals surface area contributed by atoms with Crippen molar-refractivity contribution in [1.82, 2.24) is 4.98 Å². The molecule has 100 valence electrons. The van der Waals surface area contributed by atoms with Crippen molar-refractivity contribution < 1.29 is 18.9 Å². The van der Waals surface area contributed by atoms with Gasteiger partial charge in [0.15, 0.2) is 5.58 Å². The first-order valence-electron chi connectivity index (χ1n) is 5.27. The number of non-ortho nitro benzene ring substituents is 1. The number of nitro benzene ring substituents is 1. The van der Waals surface area contributed by atoms with Gasteiger partial charge < -0.3 is 20.2 Å². The van der Waals surface area contributed by atoms with Crippen LogP contribution in [0.3, 0.4) is 0 Å². The van der Waals surface area contributed by atoms with Crippen LogP contribution >= 0.6 is 0 Å². The van der Waals surface area contributed by atoms with E-state index in [1.54, 1.807) is 0 Å². The van der Waals surface area contributed by atoms with Gasteiger partial charge in [0.05, 0.1) is 17.5 Å². The van der Waals surface area contributed by atoms with Crippen LogP contribution in [0.25, 0.3) is 11.1 Å². The monoisotopic (exact) mass is 266 g/mol. The minimum atomic E-state index is -0.866. The molecule has 0 unspecified atom stereocenters. The van der Waals surface area contributed by atoms with Gasteiger partial charge in [0, 0.05) is 6.07 Å². The van der Waals surface area contributed by atoms with Gasteiger partial charge in [-0.1, -0.05) is 0 Å². The number of aromatic nitrogens is 1. The Morgan fingerprint density at radius 3 is 3.05 bits per heavy atom. The van der Waals surface area contributed by atoms with Crippen LogP contribution in [0.4, 0.5) is 16.5 Å². The summed E-state index contributed by atoms with van der Waals surface area (Å²) >= 11 is 0. The number of oxazole rings is 1. The van der Waals surface area contributed by atoms with Crippen molar-refractivity contribution in [2.45, 2.75) is 0 Å². The molecule has 1 heterocycles. The lowest BCUT2D eigenvalue weighted by molar-refractivity contribution is -0.384. The predicted molar refractivity (Wildman–Crippen MR) is 64.7 cm³/mol. The highest BCUT2D eigenvalue weighted by Crippen LogP contribution is 2.23. The molecular weight excluding hydrogens is 256 g/mol. The number of nitrogens with one attached hydrogen (secondary N) is 1. The number of amides is 1. The first-order chi connectivity index (χ1) is 9.06. The van der Waals surface area contributed by atoms with Gasteiger partial charge >= 0.3 is 6.09 Å².